The number of nitrogens with zero attached hydrogens (tertiary/aromatic N) is 4. The van der Waals surface area contributed by atoms with E-state index in [0.717, 1.165) is 55.0 Å². The summed E-state index contributed by atoms with van der Waals surface area (Å²) in [5.41, 5.74) is 2.36. The van der Waals surface area contributed by atoms with E-state index in [4.69, 9.17) is 11.6 Å². The highest BCUT2D eigenvalue weighted by Gasteiger charge is 2.26. The first-order valence-electron chi connectivity index (χ1n) is 9.28. The molecule has 0 aliphatic carbocycles. The molecule has 0 spiro atoms. The molecule has 3 heterocycles. The number of thiophene rings is 1. The number of rotatable bonds is 4. The average Bonchev–Trinajstić information content (AvgIpc) is 3.22. The van der Waals surface area contributed by atoms with Crippen molar-refractivity contribution in [1.82, 2.24) is 19.6 Å². The minimum atomic E-state index is 0.0517. The molecule has 4 rings (SSSR count). The van der Waals surface area contributed by atoms with Gasteiger partial charge in [-0.1, -0.05) is 29.8 Å². The quantitative estimate of drug-likeness (QED) is 0.661. The minimum absolute atomic E-state index is 0.0517. The van der Waals surface area contributed by atoms with Crippen molar-refractivity contribution in [2.24, 2.45) is 0 Å². The van der Waals surface area contributed by atoms with Crippen molar-refractivity contribution in [3.05, 3.63) is 51.6 Å². The summed E-state index contributed by atoms with van der Waals surface area (Å²) in [7, 11) is 0. The number of fused-ring (bicyclic) bond motifs is 1. The van der Waals surface area contributed by atoms with Gasteiger partial charge in [-0.05, 0) is 19.9 Å². The number of hydrogen-bond acceptors (Lipinski definition) is 4. The van der Waals surface area contributed by atoms with Crippen LogP contribution in [0.25, 0.3) is 10.1 Å². The predicted molar refractivity (Wildman–Crippen MR) is 111 cm³/mol. The lowest BCUT2D eigenvalue weighted by atomic mass is 10.2. The molecule has 0 unspecified atom stereocenters. The first-order valence-corrected chi connectivity index (χ1v) is 10.5. The van der Waals surface area contributed by atoms with Crippen LogP contribution in [-0.2, 0) is 13.1 Å². The summed E-state index contributed by atoms with van der Waals surface area (Å²) in [4.78, 5) is 17.9. The molecule has 7 heteroatoms. The second-order valence-corrected chi connectivity index (χ2v) is 8.34. The number of carbonyl (C=O) groups is 1. The van der Waals surface area contributed by atoms with Crippen LogP contribution in [0.4, 0.5) is 0 Å². The number of halogens is 1. The Labute approximate surface area is 168 Å². The summed E-state index contributed by atoms with van der Waals surface area (Å²) in [6.45, 7) is 9.12. The van der Waals surface area contributed by atoms with E-state index in [1.54, 1.807) is 0 Å². The maximum Gasteiger partial charge on any atom is 0.265 e. The highest BCUT2D eigenvalue weighted by Crippen LogP contribution is 2.36. The van der Waals surface area contributed by atoms with Gasteiger partial charge in [0.2, 0.25) is 0 Å². The molecule has 0 radical (unpaired) electrons. The highest BCUT2D eigenvalue weighted by molar-refractivity contribution is 7.21. The Balaban J connectivity index is 1.41. The van der Waals surface area contributed by atoms with E-state index in [1.807, 2.05) is 33.8 Å². The number of aryl methyl sites for hydroxylation is 2. The van der Waals surface area contributed by atoms with Gasteiger partial charge < -0.3 is 4.90 Å². The molecule has 0 bridgehead atoms. The van der Waals surface area contributed by atoms with Gasteiger partial charge in [0.05, 0.1) is 10.7 Å². The molecule has 0 saturated carbocycles. The number of piperazine rings is 1. The zero-order valence-corrected chi connectivity index (χ0v) is 17.2. The molecule has 27 heavy (non-hydrogen) atoms. The Morgan fingerprint density at radius 1 is 1.22 bits per heavy atom. The Bertz CT molecular complexity index is 972. The third-order valence-corrected chi connectivity index (χ3v) is 6.82. The number of aromatic nitrogens is 2. The van der Waals surface area contributed by atoms with E-state index in [1.165, 1.54) is 16.9 Å². The molecule has 1 saturated heterocycles. The van der Waals surface area contributed by atoms with Crippen LogP contribution in [0, 0.1) is 6.92 Å². The van der Waals surface area contributed by atoms with Crippen molar-refractivity contribution in [2.75, 3.05) is 26.2 Å². The van der Waals surface area contributed by atoms with Gasteiger partial charge in [0.15, 0.2) is 0 Å². The van der Waals surface area contributed by atoms with Gasteiger partial charge in [-0.3, -0.25) is 14.4 Å². The summed E-state index contributed by atoms with van der Waals surface area (Å²) in [6.07, 6.45) is 2.13. The number of carbonyl (C=O) groups excluding carboxylic acids is 1. The van der Waals surface area contributed by atoms with Gasteiger partial charge in [0, 0.05) is 61.1 Å². The topological polar surface area (TPSA) is 41.4 Å². The van der Waals surface area contributed by atoms with Crippen molar-refractivity contribution in [3.63, 3.8) is 0 Å². The van der Waals surface area contributed by atoms with Crippen molar-refractivity contribution < 1.29 is 4.79 Å². The van der Waals surface area contributed by atoms with E-state index in [2.05, 4.69) is 30.0 Å². The molecular formula is C20H23ClN4OS. The Morgan fingerprint density at radius 3 is 2.63 bits per heavy atom. The molecule has 1 aliphatic heterocycles. The first kappa shape index (κ1) is 18.5. The van der Waals surface area contributed by atoms with Crippen LogP contribution in [-0.4, -0.2) is 51.7 Å². The number of benzene rings is 1. The second-order valence-electron chi connectivity index (χ2n) is 6.91. The number of hydrogen-bond donors (Lipinski definition) is 0. The lowest BCUT2D eigenvalue weighted by Crippen LogP contribution is -2.48. The lowest BCUT2D eigenvalue weighted by molar-refractivity contribution is 0.0633. The summed E-state index contributed by atoms with van der Waals surface area (Å²) in [5, 5.41) is 6.08. The van der Waals surface area contributed by atoms with Crippen LogP contribution in [0.2, 0.25) is 5.02 Å². The zero-order valence-electron chi connectivity index (χ0n) is 15.6. The van der Waals surface area contributed by atoms with E-state index >= 15 is 0 Å². The second kappa shape index (κ2) is 7.62. The molecule has 1 aliphatic rings. The number of amides is 1. The summed E-state index contributed by atoms with van der Waals surface area (Å²) in [6, 6.07) is 7.92. The fourth-order valence-electron chi connectivity index (χ4n) is 3.52. The summed E-state index contributed by atoms with van der Waals surface area (Å²) in [5.74, 6) is 0.0517. The smallest absolute Gasteiger partial charge is 0.265 e. The van der Waals surface area contributed by atoms with Crippen LogP contribution in [0.1, 0.15) is 27.9 Å². The Kier molecular flexibility index (Phi) is 5.21. The summed E-state index contributed by atoms with van der Waals surface area (Å²) >= 11 is 7.97. The molecule has 1 amide bonds. The standard InChI is InChI=1S/C20H23ClN4OS/c1-3-25-13-15(14(2)22-25)12-23-8-10-24(11-9-23)20(26)19-18(21)16-6-4-5-7-17(16)27-19/h4-7,13H,3,8-12H2,1-2H3. The van der Waals surface area contributed by atoms with Crippen LogP contribution in [0.15, 0.2) is 30.5 Å². The predicted octanol–water partition coefficient (Wildman–Crippen LogP) is 4.04. The highest BCUT2D eigenvalue weighted by atomic mass is 35.5. The normalized spacial score (nSPS) is 15.6. The fourth-order valence-corrected chi connectivity index (χ4v) is 5.00. The third kappa shape index (κ3) is 3.61. The molecule has 2 aromatic heterocycles. The Hall–Kier alpha value is -1.89. The maximum absolute atomic E-state index is 13.0. The molecule has 142 valence electrons. The van der Waals surface area contributed by atoms with Crippen molar-refractivity contribution >= 4 is 38.9 Å². The fraction of sp³-hybridized carbons (Fsp3) is 0.400. The zero-order chi connectivity index (χ0) is 19.0. The van der Waals surface area contributed by atoms with Crippen LogP contribution in [0.3, 0.4) is 0 Å². The van der Waals surface area contributed by atoms with Crippen molar-refractivity contribution in [2.45, 2.75) is 26.9 Å². The Morgan fingerprint density at radius 2 is 1.96 bits per heavy atom. The molecular weight excluding hydrogens is 380 g/mol. The van der Waals surface area contributed by atoms with Crippen molar-refractivity contribution in [1.29, 1.82) is 0 Å². The molecule has 1 fully saturated rings. The van der Waals surface area contributed by atoms with E-state index < -0.39 is 0 Å². The minimum Gasteiger partial charge on any atom is -0.335 e. The van der Waals surface area contributed by atoms with Crippen LogP contribution in [0.5, 0.6) is 0 Å². The van der Waals surface area contributed by atoms with Gasteiger partial charge in [-0.25, -0.2) is 0 Å². The van der Waals surface area contributed by atoms with E-state index in [-0.39, 0.29) is 5.91 Å². The first-order chi connectivity index (χ1) is 13.1. The van der Waals surface area contributed by atoms with Crippen LogP contribution < -0.4 is 0 Å². The van der Waals surface area contributed by atoms with Gasteiger partial charge in [-0.2, -0.15) is 5.10 Å². The summed E-state index contributed by atoms with van der Waals surface area (Å²) < 4.78 is 3.04. The maximum atomic E-state index is 13.0. The molecule has 3 aromatic rings. The molecule has 0 atom stereocenters. The third-order valence-electron chi connectivity index (χ3n) is 5.15. The molecule has 5 nitrogen and oxygen atoms in total. The average molecular weight is 403 g/mol. The van der Waals surface area contributed by atoms with Gasteiger partial charge >= 0.3 is 0 Å². The lowest BCUT2D eigenvalue weighted by Gasteiger charge is -2.34. The molecule has 1 aromatic carbocycles. The van der Waals surface area contributed by atoms with Gasteiger partial charge in [-0.15, -0.1) is 11.3 Å². The van der Waals surface area contributed by atoms with E-state index in [0.29, 0.717) is 9.90 Å². The van der Waals surface area contributed by atoms with Gasteiger partial charge in [0.25, 0.3) is 5.91 Å². The van der Waals surface area contributed by atoms with Gasteiger partial charge in [0.1, 0.15) is 4.88 Å². The van der Waals surface area contributed by atoms with E-state index in [9.17, 15) is 4.79 Å². The largest absolute Gasteiger partial charge is 0.335 e. The van der Waals surface area contributed by atoms with Crippen molar-refractivity contribution in [3.8, 4) is 0 Å². The monoisotopic (exact) mass is 402 g/mol. The van der Waals surface area contributed by atoms with Crippen LogP contribution >= 0.6 is 22.9 Å². The molecule has 0 N–H and O–H groups in total. The SMILES string of the molecule is CCn1cc(CN2CCN(C(=O)c3sc4ccccc4c3Cl)CC2)c(C)n1.